The van der Waals surface area contributed by atoms with E-state index in [2.05, 4.69) is 10.6 Å². The number of alkyl halides is 6. The molecule has 0 bridgehead atoms. The summed E-state index contributed by atoms with van der Waals surface area (Å²) < 4.78 is 104. The van der Waals surface area contributed by atoms with Crippen molar-refractivity contribution < 1.29 is 88.7 Å². The van der Waals surface area contributed by atoms with Gasteiger partial charge in [0.15, 0.2) is 11.6 Å². The molecule has 2 amide bonds. The quantitative estimate of drug-likeness (QED) is 0.120. The highest BCUT2D eigenvalue weighted by molar-refractivity contribution is 5.88. The number of halogens is 9. The number of hydrogen-bond acceptors (Lipinski definition) is 8. The number of hydrogen-bond donors (Lipinski definition) is 7. The van der Waals surface area contributed by atoms with Crippen LogP contribution in [-0.2, 0) is 35.2 Å². The molecule has 1 saturated heterocycles. The number of carbonyl (C=O) groups excluding carboxylic acids is 2. The molecule has 1 aliphatic rings. The second-order valence-electron chi connectivity index (χ2n) is 11.1. The van der Waals surface area contributed by atoms with Crippen molar-refractivity contribution in [3.63, 3.8) is 0 Å². The molecule has 0 radical (unpaired) electrons. The lowest BCUT2D eigenvalue weighted by Gasteiger charge is -2.29. The minimum absolute atomic E-state index is 0.0830. The highest BCUT2D eigenvalue weighted by Gasteiger charge is 2.42. The molecule has 14 nitrogen and oxygen atoms in total. The molecule has 0 aromatic heterocycles. The maximum Gasteiger partial charge on any atom is 0.490 e. The minimum atomic E-state index is -5.08. The lowest BCUT2D eigenvalue weighted by Crippen LogP contribution is -2.54. The molecule has 0 aliphatic carbocycles. The summed E-state index contributed by atoms with van der Waals surface area (Å²) in [5, 5.41) is 38.7. The molecule has 1 aromatic rings. The molecule has 8 N–H and O–H groups in total. The minimum Gasteiger partial charge on any atom is -0.480 e. The molecule has 1 aliphatic heterocycles. The Hall–Kier alpha value is -4.67. The van der Waals surface area contributed by atoms with Crippen LogP contribution in [0.25, 0.3) is 0 Å². The molecule has 23 heteroatoms. The highest BCUT2D eigenvalue weighted by Crippen LogP contribution is 2.21. The lowest BCUT2D eigenvalue weighted by molar-refractivity contribution is -0.193. The third-order valence-corrected chi connectivity index (χ3v) is 7.02. The number of nitrogens with zero attached hydrogens (tertiary/aromatic N) is 1. The molecule has 290 valence electrons. The number of nitrogens with two attached hydrogens (primary N) is 1. The molecule has 2 rings (SSSR count). The van der Waals surface area contributed by atoms with Gasteiger partial charge in [-0.25, -0.2) is 27.6 Å². The maximum absolute atomic E-state index is 13.9. The van der Waals surface area contributed by atoms with Crippen LogP contribution in [-0.4, -0.2) is 110 Å². The van der Waals surface area contributed by atoms with Gasteiger partial charge in [-0.1, -0.05) is 20.3 Å². The molecular weight excluding hydrogens is 723 g/mol. The smallest absolute Gasteiger partial charge is 0.480 e. The summed E-state index contributed by atoms with van der Waals surface area (Å²) in [6, 6.07) is -3.83. The van der Waals surface area contributed by atoms with Gasteiger partial charge in [0.05, 0.1) is 6.04 Å². The molecule has 6 atom stereocenters. The van der Waals surface area contributed by atoms with Crippen LogP contribution in [0.4, 0.5) is 39.5 Å². The molecule has 1 fully saturated rings. The Kier molecular flexibility index (Phi) is 17.9. The van der Waals surface area contributed by atoms with E-state index in [1.54, 1.807) is 6.92 Å². The number of amides is 2. The van der Waals surface area contributed by atoms with Crippen LogP contribution >= 0.6 is 0 Å². The fraction of sp³-hybridized carbons (Fsp3) is 0.571. The average molecular weight is 759 g/mol. The van der Waals surface area contributed by atoms with E-state index in [9.17, 15) is 68.9 Å². The summed E-state index contributed by atoms with van der Waals surface area (Å²) in [4.78, 5) is 67.7. The number of likely N-dealkylation sites (tertiary alicyclic amines) is 1. The van der Waals surface area contributed by atoms with E-state index in [0.717, 1.165) is 4.90 Å². The molecule has 1 unspecified atom stereocenters. The molecule has 0 saturated carbocycles. The van der Waals surface area contributed by atoms with Crippen LogP contribution in [0.1, 0.15) is 45.6 Å². The average Bonchev–Trinajstić information content (AvgIpc) is 3.41. The predicted molar refractivity (Wildman–Crippen MR) is 153 cm³/mol. The van der Waals surface area contributed by atoms with Crippen LogP contribution < -0.4 is 16.4 Å². The van der Waals surface area contributed by atoms with Gasteiger partial charge in [-0.2, -0.15) is 26.3 Å². The van der Waals surface area contributed by atoms with E-state index in [-0.39, 0.29) is 37.3 Å². The van der Waals surface area contributed by atoms with Crippen molar-refractivity contribution in [2.75, 3.05) is 6.54 Å². The van der Waals surface area contributed by atoms with Crippen molar-refractivity contribution in [2.24, 2.45) is 11.7 Å². The summed E-state index contributed by atoms with van der Waals surface area (Å²) in [5.74, 6) is -13.0. The second kappa shape index (κ2) is 19.7. The van der Waals surface area contributed by atoms with Gasteiger partial charge in [-0.15, -0.1) is 0 Å². The van der Waals surface area contributed by atoms with Gasteiger partial charge in [0, 0.05) is 37.5 Å². The Morgan fingerprint density at radius 2 is 1.35 bits per heavy atom. The third kappa shape index (κ3) is 15.8. The van der Waals surface area contributed by atoms with Gasteiger partial charge >= 0.3 is 36.2 Å². The van der Waals surface area contributed by atoms with Crippen LogP contribution in [0.5, 0.6) is 0 Å². The highest BCUT2D eigenvalue weighted by atomic mass is 19.4. The Morgan fingerprint density at radius 3 is 1.76 bits per heavy atom. The van der Waals surface area contributed by atoms with Crippen LogP contribution in [0, 0.1) is 23.4 Å². The van der Waals surface area contributed by atoms with E-state index in [1.807, 2.05) is 6.92 Å². The Bertz CT molecular complexity index is 1390. The standard InChI is InChI=1S/C24H33F3N4O6.2C2HF3O2/c1-4-11(2)21(24(36)37)29-12(3)22(33)31-10-15(8-19(31)23(34)35)30-20(32)7-14(28)5-13-6-17(26)18(27)9-16(13)25;2*3-2(4,5)1(6)7/h6,9,11-12,14-15,19,21,29H,4-5,7-8,10,28H2,1-3H3,(H,30,32)(H,34,35)(H,36,37);2*(H,6,7)/t11-,12-,14+,15-,19-,21?;;/m0../s1. The monoisotopic (exact) mass is 758 g/mol. The van der Waals surface area contributed by atoms with E-state index < -0.39 is 95.7 Å². The topological polar surface area (TPSA) is 237 Å². The predicted octanol–water partition coefficient (Wildman–Crippen LogP) is 2.28. The van der Waals surface area contributed by atoms with Crippen molar-refractivity contribution in [1.29, 1.82) is 0 Å². The Balaban J connectivity index is 0.00000149. The fourth-order valence-corrected chi connectivity index (χ4v) is 4.32. The van der Waals surface area contributed by atoms with E-state index in [4.69, 9.17) is 25.5 Å². The van der Waals surface area contributed by atoms with Crippen LogP contribution in [0.3, 0.4) is 0 Å². The van der Waals surface area contributed by atoms with Crippen molar-refractivity contribution in [3.8, 4) is 0 Å². The second-order valence-corrected chi connectivity index (χ2v) is 11.1. The van der Waals surface area contributed by atoms with E-state index >= 15 is 0 Å². The number of carboxylic acids is 4. The lowest BCUT2D eigenvalue weighted by atomic mass is 9.98. The van der Waals surface area contributed by atoms with Gasteiger partial charge in [0.2, 0.25) is 11.8 Å². The van der Waals surface area contributed by atoms with E-state index in [1.165, 1.54) is 6.92 Å². The summed E-state index contributed by atoms with van der Waals surface area (Å²) in [6.07, 6.45) is -10.3. The Labute approximate surface area is 282 Å². The molecule has 1 heterocycles. The van der Waals surface area contributed by atoms with Crippen molar-refractivity contribution >= 4 is 35.7 Å². The first-order chi connectivity index (χ1) is 23.1. The SMILES string of the molecule is CC[C@H](C)C(N[C@@H](C)C(=O)N1C[C@@H](NC(=O)C[C@H](N)Cc2cc(F)c(F)cc2F)C[C@H]1C(=O)O)C(=O)O.O=C(O)C(F)(F)F.O=C(O)C(F)(F)F. The van der Waals surface area contributed by atoms with Crippen molar-refractivity contribution in [3.05, 3.63) is 35.1 Å². The maximum atomic E-state index is 13.9. The summed E-state index contributed by atoms with van der Waals surface area (Å²) >= 11 is 0. The van der Waals surface area contributed by atoms with Gasteiger partial charge < -0.3 is 36.4 Å². The van der Waals surface area contributed by atoms with Gasteiger partial charge in [-0.3, -0.25) is 19.7 Å². The number of carboxylic acid groups (broad SMARTS) is 4. The molecule has 51 heavy (non-hydrogen) atoms. The first-order valence-electron chi connectivity index (χ1n) is 14.4. The van der Waals surface area contributed by atoms with Gasteiger partial charge in [0.25, 0.3) is 0 Å². The van der Waals surface area contributed by atoms with Crippen LogP contribution in [0.2, 0.25) is 0 Å². The number of carbonyl (C=O) groups is 6. The first kappa shape index (κ1) is 46.3. The zero-order valence-corrected chi connectivity index (χ0v) is 26.8. The third-order valence-electron chi connectivity index (χ3n) is 7.02. The normalized spacial score (nSPS) is 18.1. The van der Waals surface area contributed by atoms with Gasteiger partial charge in [0.1, 0.15) is 17.9 Å². The zero-order chi connectivity index (χ0) is 40.2. The molecule has 0 spiro atoms. The Morgan fingerprint density at radius 1 is 0.882 bits per heavy atom. The number of benzene rings is 1. The number of nitrogens with one attached hydrogen (secondary N) is 2. The summed E-state index contributed by atoms with van der Waals surface area (Å²) in [5.41, 5.74) is 5.68. The molecule has 1 aromatic carbocycles. The fourth-order valence-electron chi connectivity index (χ4n) is 4.32. The van der Waals surface area contributed by atoms with E-state index in [0.29, 0.717) is 18.6 Å². The van der Waals surface area contributed by atoms with Crippen LogP contribution in [0.15, 0.2) is 12.1 Å². The largest absolute Gasteiger partial charge is 0.490 e. The summed E-state index contributed by atoms with van der Waals surface area (Å²) in [7, 11) is 0. The van der Waals surface area contributed by atoms with Crippen molar-refractivity contribution in [2.45, 2.75) is 89.0 Å². The number of aliphatic carboxylic acids is 4. The zero-order valence-electron chi connectivity index (χ0n) is 26.8. The summed E-state index contributed by atoms with van der Waals surface area (Å²) in [6.45, 7) is 4.85. The van der Waals surface area contributed by atoms with Gasteiger partial charge in [-0.05, 0) is 30.9 Å². The van der Waals surface area contributed by atoms with Crippen molar-refractivity contribution in [1.82, 2.24) is 15.5 Å². The first-order valence-corrected chi connectivity index (χ1v) is 14.4. The number of rotatable bonds is 12. The molecular formula is C28H35F9N4O10.